The van der Waals surface area contributed by atoms with Crippen molar-refractivity contribution in [2.45, 2.75) is 25.2 Å². The minimum atomic E-state index is -4.62. The third kappa shape index (κ3) is 5.13. The summed E-state index contributed by atoms with van der Waals surface area (Å²) in [5, 5.41) is 24.6. The van der Waals surface area contributed by atoms with Crippen LogP contribution in [0.1, 0.15) is 17.5 Å². The largest absolute Gasteiger partial charge is 0.417 e. The fourth-order valence-electron chi connectivity index (χ4n) is 2.95. The van der Waals surface area contributed by atoms with Crippen molar-refractivity contribution in [3.8, 4) is 6.07 Å². The van der Waals surface area contributed by atoms with Crippen molar-refractivity contribution in [3.05, 3.63) is 39.0 Å². The monoisotopic (exact) mass is 505 g/mol. The van der Waals surface area contributed by atoms with Gasteiger partial charge in [0.1, 0.15) is 5.02 Å². The van der Waals surface area contributed by atoms with Crippen LogP contribution in [0, 0.1) is 17.2 Å². The van der Waals surface area contributed by atoms with Crippen LogP contribution in [0.15, 0.2) is 22.8 Å². The molecule has 12 heteroatoms. The van der Waals surface area contributed by atoms with E-state index in [0.717, 1.165) is 6.07 Å². The fraction of sp³-hybridized carbons (Fsp3) is 0.389. The first-order chi connectivity index (χ1) is 14.2. The first-order valence-electron chi connectivity index (χ1n) is 8.77. The SMILES string of the molecule is N#C[C@H]1CCOCC1Nc1nc(Nc2cc(CO)c(Br)c(C(F)(F)F)c2)ncc1Cl. The zero-order valence-electron chi connectivity index (χ0n) is 15.3. The Balaban J connectivity index is 1.88. The van der Waals surface area contributed by atoms with E-state index in [-0.39, 0.29) is 44.5 Å². The molecule has 1 aliphatic heterocycles. The van der Waals surface area contributed by atoms with E-state index in [0.29, 0.717) is 19.6 Å². The van der Waals surface area contributed by atoms with Gasteiger partial charge in [-0.25, -0.2) is 4.98 Å². The highest BCUT2D eigenvalue weighted by atomic mass is 79.9. The first-order valence-corrected chi connectivity index (χ1v) is 9.94. The van der Waals surface area contributed by atoms with Gasteiger partial charge in [-0.3, -0.25) is 0 Å². The number of nitrogens with zero attached hydrogens (tertiary/aromatic N) is 3. The first kappa shape index (κ1) is 22.6. The molecule has 0 spiro atoms. The topological polar surface area (TPSA) is 103 Å². The molecule has 0 aliphatic carbocycles. The van der Waals surface area contributed by atoms with E-state index in [1.54, 1.807) is 0 Å². The number of halogens is 5. The highest BCUT2D eigenvalue weighted by Crippen LogP contribution is 2.39. The Kier molecular flexibility index (Phi) is 7.02. The Labute approximate surface area is 183 Å². The van der Waals surface area contributed by atoms with Crippen LogP contribution < -0.4 is 10.6 Å². The molecular weight excluding hydrogens is 491 g/mol. The van der Waals surface area contributed by atoms with Crippen LogP contribution in [0.25, 0.3) is 0 Å². The van der Waals surface area contributed by atoms with E-state index in [2.05, 4.69) is 42.6 Å². The second kappa shape index (κ2) is 9.34. The van der Waals surface area contributed by atoms with E-state index in [1.807, 2.05) is 0 Å². The number of hydrogen-bond acceptors (Lipinski definition) is 7. The van der Waals surface area contributed by atoms with Crippen molar-refractivity contribution in [3.63, 3.8) is 0 Å². The average Bonchev–Trinajstić information content (AvgIpc) is 2.71. The molecule has 1 fully saturated rings. The molecule has 0 bridgehead atoms. The Morgan fingerprint density at radius 1 is 1.40 bits per heavy atom. The third-order valence-electron chi connectivity index (χ3n) is 4.47. The lowest BCUT2D eigenvalue weighted by molar-refractivity contribution is -0.138. The number of aromatic nitrogens is 2. The van der Waals surface area contributed by atoms with Crippen LogP contribution in [-0.4, -0.2) is 34.3 Å². The number of nitriles is 1. The predicted molar refractivity (Wildman–Crippen MR) is 107 cm³/mol. The molecule has 1 aliphatic rings. The lowest BCUT2D eigenvalue weighted by Gasteiger charge is -2.28. The molecule has 0 radical (unpaired) electrons. The number of benzene rings is 1. The zero-order valence-corrected chi connectivity index (χ0v) is 17.6. The second-order valence-electron chi connectivity index (χ2n) is 6.52. The van der Waals surface area contributed by atoms with Gasteiger partial charge in [0.15, 0.2) is 5.82 Å². The van der Waals surface area contributed by atoms with Gasteiger partial charge < -0.3 is 20.5 Å². The lowest BCUT2D eigenvalue weighted by Crippen LogP contribution is -2.38. The quantitative estimate of drug-likeness (QED) is 0.549. The lowest BCUT2D eigenvalue weighted by atomic mass is 9.96. The third-order valence-corrected chi connectivity index (χ3v) is 5.68. The number of rotatable bonds is 5. The number of aliphatic hydroxyl groups is 1. The van der Waals surface area contributed by atoms with Gasteiger partial charge in [0.2, 0.25) is 5.95 Å². The molecule has 7 nitrogen and oxygen atoms in total. The summed E-state index contributed by atoms with van der Waals surface area (Å²) in [6, 6.07) is 4.10. The van der Waals surface area contributed by atoms with E-state index in [4.69, 9.17) is 16.3 Å². The van der Waals surface area contributed by atoms with Crippen molar-refractivity contribution >= 4 is 45.0 Å². The Bertz CT molecular complexity index is 970. The molecule has 3 N–H and O–H groups in total. The highest BCUT2D eigenvalue weighted by molar-refractivity contribution is 9.10. The molecule has 3 rings (SSSR count). The van der Waals surface area contributed by atoms with Gasteiger partial charge in [-0.15, -0.1) is 0 Å². The average molecular weight is 507 g/mol. The van der Waals surface area contributed by atoms with Crippen LogP contribution in [0.5, 0.6) is 0 Å². The summed E-state index contributed by atoms with van der Waals surface area (Å²) in [7, 11) is 0. The van der Waals surface area contributed by atoms with E-state index in [1.165, 1.54) is 12.3 Å². The molecule has 2 heterocycles. The standard InChI is InChI=1S/C18H16BrClF3N5O2/c19-15-10(7-29)3-11(4-12(15)18(21,22)23)26-17-25-6-13(20)16(28-17)27-14-8-30-2-1-9(14)5-24/h3-4,6,9,14,29H,1-2,7-8H2,(H2,25,26,27,28)/t9-,14?/m1/s1. The van der Waals surface area contributed by atoms with Crippen LogP contribution in [0.4, 0.5) is 30.6 Å². The van der Waals surface area contributed by atoms with E-state index in [9.17, 15) is 23.5 Å². The number of aliphatic hydroxyl groups excluding tert-OH is 1. The molecule has 1 aromatic carbocycles. The van der Waals surface area contributed by atoms with Crippen LogP contribution in [0.3, 0.4) is 0 Å². The molecule has 1 saturated heterocycles. The molecule has 0 amide bonds. The fourth-order valence-corrected chi connectivity index (χ4v) is 3.67. The summed E-state index contributed by atoms with van der Waals surface area (Å²) < 4.78 is 45.0. The number of ether oxygens (including phenoxy) is 1. The van der Waals surface area contributed by atoms with Gasteiger partial charge in [0, 0.05) is 16.8 Å². The minimum absolute atomic E-state index is 0.00790. The minimum Gasteiger partial charge on any atom is -0.392 e. The van der Waals surface area contributed by atoms with E-state index >= 15 is 0 Å². The van der Waals surface area contributed by atoms with Gasteiger partial charge in [0.05, 0.1) is 43.0 Å². The van der Waals surface area contributed by atoms with Crippen LogP contribution >= 0.6 is 27.5 Å². The van der Waals surface area contributed by atoms with Crippen molar-refractivity contribution in [2.75, 3.05) is 23.8 Å². The molecule has 1 aromatic heterocycles. The zero-order chi connectivity index (χ0) is 21.9. The van der Waals surface area contributed by atoms with Gasteiger partial charge in [0.25, 0.3) is 0 Å². The van der Waals surface area contributed by atoms with Crippen molar-refractivity contribution in [2.24, 2.45) is 5.92 Å². The summed E-state index contributed by atoms with van der Waals surface area (Å²) in [5.74, 6) is -0.0824. The predicted octanol–water partition coefficient (Wildman–Crippen LogP) is 4.49. The summed E-state index contributed by atoms with van der Waals surface area (Å²) in [4.78, 5) is 8.20. The molecule has 0 saturated carbocycles. The second-order valence-corrected chi connectivity index (χ2v) is 7.72. The smallest absolute Gasteiger partial charge is 0.392 e. The molecule has 30 heavy (non-hydrogen) atoms. The summed E-state index contributed by atoms with van der Waals surface area (Å²) >= 11 is 9.02. The summed E-state index contributed by atoms with van der Waals surface area (Å²) in [6.07, 6.45) is -2.77. The van der Waals surface area contributed by atoms with Crippen molar-refractivity contribution in [1.29, 1.82) is 5.26 Å². The van der Waals surface area contributed by atoms with Crippen molar-refractivity contribution < 1.29 is 23.0 Å². The summed E-state index contributed by atoms with van der Waals surface area (Å²) in [5.41, 5.74) is -0.852. The van der Waals surface area contributed by atoms with Gasteiger partial charge >= 0.3 is 6.18 Å². The maximum absolute atomic E-state index is 13.3. The maximum Gasteiger partial charge on any atom is 0.417 e. The van der Waals surface area contributed by atoms with Crippen molar-refractivity contribution in [1.82, 2.24) is 9.97 Å². The van der Waals surface area contributed by atoms with Gasteiger partial charge in [-0.05, 0) is 40.0 Å². The Morgan fingerprint density at radius 3 is 2.83 bits per heavy atom. The molecule has 1 unspecified atom stereocenters. The molecule has 2 aromatic rings. The van der Waals surface area contributed by atoms with E-state index < -0.39 is 18.3 Å². The Morgan fingerprint density at radius 2 is 2.17 bits per heavy atom. The molecular formula is C18H16BrClF3N5O2. The molecule has 2 atom stereocenters. The number of hydrogen-bond donors (Lipinski definition) is 3. The Hall–Kier alpha value is -2.13. The maximum atomic E-state index is 13.3. The number of nitrogens with one attached hydrogen (secondary N) is 2. The van der Waals surface area contributed by atoms with Crippen LogP contribution in [0.2, 0.25) is 5.02 Å². The highest BCUT2D eigenvalue weighted by Gasteiger charge is 2.34. The normalized spacial score (nSPS) is 19.2. The number of alkyl halides is 3. The van der Waals surface area contributed by atoms with Crippen LogP contribution in [-0.2, 0) is 17.5 Å². The molecule has 160 valence electrons. The van der Waals surface area contributed by atoms with Gasteiger partial charge in [-0.2, -0.15) is 23.4 Å². The number of anilines is 3. The summed E-state index contributed by atoms with van der Waals surface area (Å²) in [6.45, 7) is 0.187. The van der Waals surface area contributed by atoms with Gasteiger partial charge in [-0.1, -0.05) is 11.6 Å².